The number of amides is 1. The lowest BCUT2D eigenvalue weighted by atomic mass is 10.1. The summed E-state index contributed by atoms with van der Waals surface area (Å²) in [6.45, 7) is 1.97. The van der Waals surface area contributed by atoms with E-state index in [0.29, 0.717) is 37.5 Å². The van der Waals surface area contributed by atoms with Crippen LogP contribution in [0.2, 0.25) is 0 Å². The summed E-state index contributed by atoms with van der Waals surface area (Å²) in [5.74, 6) is -0.530. The Morgan fingerprint density at radius 3 is 2.58 bits per heavy atom. The van der Waals surface area contributed by atoms with E-state index in [1.807, 2.05) is 39.6 Å². The number of hydrogen-bond donors (Lipinski definition) is 1. The first-order chi connectivity index (χ1) is 16.1. The van der Waals surface area contributed by atoms with Gasteiger partial charge < -0.3 is 15.1 Å². The third kappa shape index (κ3) is 4.21. The number of aromatic nitrogens is 3. The van der Waals surface area contributed by atoms with E-state index in [1.165, 1.54) is 12.1 Å². The summed E-state index contributed by atoms with van der Waals surface area (Å²) >= 11 is 0. The van der Waals surface area contributed by atoms with E-state index >= 15 is 0 Å². The largest absolute Gasteiger partial charge is 0.366 e. The molecule has 0 bridgehead atoms. The molecule has 1 saturated heterocycles. The summed E-state index contributed by atoms with van der Waals surface area (Å²) in [4.78, 5) is 25.3. The molecular formula is C24H22F2N6O. The van der Waals surface area contributed by atoms with Gasteiger partial charge in [-0.3, -0.25) is 14.2 Å². The van der Waals surface area contributed by atoms with Gasteiger partial charge in [0.25, 0.3) is 0 Å². The van der Waals surface area contributed by atoms with Gasteiger partial charge in [-0.2, -0.15) is 0 Å². The summed E-state index contributed by atoms with van der Waals surface area (Å²) < 4.78 is 29.2. The molecular weight excluding hydrogens is 426 g/mol. The number of halogens is 2. The maximum absolute atomic E-state index is 14.1. The monoisotopic (exact) mass is 448 g/mol. The van der Waals surface area contributed by atoms with E-state index in [0.717, 1.165) is 23.1 Å². The molecule has 1 amide bonds. The van der Waals surface area contributed by atoms with Gasteiger partial charge in [0.15, 0.2) is 5.65 Å². The molecule has 5 rings (SSSR count). The van der Waals surface area contributed by atoms with Crippen LogP contribution in [-0.4, -0.2) is 57.9 Å². The summed E-state index contributed by atoms with van der Waals surface area (Å²) in [6.07, 6.45) is 5.15. The normalized spacial score (nSPS) is 14.0. The number of carbonyl (C=O) groups excluding carboxylic acids is 1. The number of nitrogens with zero attached hydrogens (tertiary/aromatic N) is 5. The Bertz CT molecular complexity index is 1280. The minimum atomic E-state index is -0.603. The Morgan fingerprint density at radius 2 is 1.82 bits per heavy atom. The van der Waals surface area contributed by atoms with Gasteiger partial charge in [-0.15, -0.1) is 0 Å². The van der Waals surface area contributed by atoms with Crippen LogP contribution in [0.4, 0.5) is 20.3 Å². The highest BCUT2D eigenvalue weighted by Crippen LogP contribution is 2.28. The van der Waals surface area contributed by atoms with Crippen LogP contribution in [-0.2, 0) is 4.79 Å². The summed E-state index contributed by atoms with van der Waals surface area (Å²) in [7, 11) is 0. The number of fused-ring (bicyclic) bond motifs is 1. The zero-order valence-electron chi connectivity index (χ0n) is 17.8. The van der Waals surface area contributed by atoms with Crippen LogP contribution in [0.3, 0.4) is 0 Å². The van der Waals surface area contributed by atoms with Crippen LogP contribution >= 0.6 is 0 Å². The van der Waals surface area contributed by atoms with Crippen LogP contribution in [0, 0.1) is 11.6 Å². The minimum Gasteiger partial charge on any atom is -0.366 e. The van der Waals surface area contributed by atoms with Crippen molar-refractivity contribution in [2.75, 3.05) is 42.9 Å². The molecule has 1 aliphatic heterocycles. The molecule has 2 aromatic heterocycles. The lowest BCUT2D eigenvalue weighted by Crippen LogP contribution is -2.50. The molecule has 1 aliphatic rings. The average molecular weight is 448 g/mol. The standard InChI is InChI=1S/C24H22F2N6O/c25-18-6-7-20(19(26)14-18)30-10-12-31(13-11-30)22(33)16-28-24-23(17-4-2-1-3-5-17)29-21-15-27-8-9-32(21)24/h1-9,14-15,28H,10-13,16H2. The molecule has 0 spiro atoms. The Morgan fingerprint density at radius 1 is 1.03 bits per heavy atom. The van der Waals surface area contributed by atoms with Gasteiger partial charge in [0, 0.05) is 50.2 Å². The predicted molar refractivity (Wildman–Crippen MR) is 122 cm³/mol. The molecule has 1 N–H and O–H groups in total. The lowest BCUT2D eigenvalue weighted by Gasteiger charge is -2.36. The Hall–Kier alpha value is -4.01. The summed E-state index contributed by atoms with van der Waals surface area (Å²) in [5.41, 5.74) is 2.72. The third-order valence-corrected chi connectivity index (χ3v) is 5.77. The fourth-order valence-electron chi connectivity index (χ4n) is 4.08. The smallest absolute Gasteiger partial charge is 0.242 e. The van der Waals surface area contributed by atoms with E-state index in [-0.39, 0.29) is 12.5 Å². The Balaban J connectivity index is 1.27. The van der Waals surface area contributed by atoms with Crippen molar-refractivity contribution in [3.63, 3.8) is 0 Å². The van der Waals surface area contributed by atoms with Crippen molar-refractivity contribution < 1.29 is 13.6 Å². The summed E-state index contributed by atoms with van der Waals surface area (Å²) in [5, 5.41) is 3.26. The second-order valence-corrected chi connectivity index (χ2v) is 7.80. The second kappa shape index (κ2) is 8.85. The zero-order chi connectivity index (χ0) is 22.8. The van der Waals surface area contributed by atoms with Crippen molar-refractivity contribution in [1.82, 2.24) is 19.3 Å². The van der Waals surface area contributed by atoms with Crippen LogP contribution in [0.5, 0.6) is 0 Å². The molecule has 33 heavy (non-hydrogen) atoms. The van der Waals surface area contributed by atoms with Gasteiger partial charge in [0.05, 0.1) is 18.4 Å². The van der Waals surface area contributed by atoms with Crippen molar-refractivity contribution in [2.24, 2.45) is 0 Å². The van der Waals surface area contributed by atoms with Crippen molar-refractivity contribution in [2.45, 2.75) is 0 Å². The van der Waals surface area contributed by atoms with E-state index in [2.05, 4.69) is 15.3 Å². The lowest BCUT2D eigenvalue weighted by molar-refractivity contribution is -0.129. The third-order valence-electron chi connectivity index (χ3n) is 5.77. The maximum Gasteiger partial charge on any atom is 0.242 e. The van der Waals surface area contributed by atoms with E-state index in [9.17, 15) is 13.6 Å². The number of piperazine rings is 1. The number of imidazole rings is 1. The Kier molecular flexibility index (Phi) is 5.60. The van der Waals surface area contributed by atoms with Crippen molar-refractivity contribution >= 4 is 23.1 Å². The number of nitrogens with one attached hydrogen (secondary N) is 1. The molecule has 1 fully saturated rings. The van der Waals surface area contributed by atoms with Gasteiger partial charge in [-0.05, 0) is 12.1 Å². The first kappa shape index (κ1) is 20.9. The van der Waals surface area contributed by atoms with Crippen molar-refractivity contribution in [1.29, 1.82) is 0 Å². The fraction of sp³-hybridized carbons (Fsp3) is 0.208. The minimum absolute atomic E-state index is 0.0581. The van der Waals surface area contributed by atoms with Crippen molar-refractivity contribution in [3.8, 4) is 11.3 Å². The van der Waals surface area contributed by atoms with Gasteiger partial charge in [0.2, 0.25) is 5.91 Å². The molecule has 9 heteroatoms. The number of rotatable bonds is 5. The molecule has 0 aliphatic carbocycles. The average Bonchev–Trinajstić information content (AvgIpc) is 3.22. The molecule has 0 saturated carbocycles. The molecule has 0 atom stereocenters. The molecule has 3 heterocycles. The van der Waals surface area contributed by atoms with E-state index < -0.39 is 11.6 Å². The van der Waals surface area contributed by atoms with Gasteiger partial charge in [-0.1, -0.05) is 30.3 Å². The topological polar surface area (TPSA) is 65.8 Å². The number of benzene rings is 2. The highest BCUT2D eigenvalue weighted by molar-refractivity contribution is 5.84. The first-order valence-electron chi connectivity index (χ1n) is 10.7. The Labute approximate surface area is 189 Å². The van der Waals surface area contributed by atoms with Crippen LogP contribution < -0.4 is 10.2 Å². The predicted octanol–water partition coefficient (Wildman–Crippen LogP) is 3.44. The SMILES string of the molecule is O=C(CNc1c(-c2ccccc2)nc2cnccn12)N1CCN(c2ccc(F)cc2F)CC1. The fourth-order valence-corrected chi connectivity index (χ4v) is 4.08. The molecule has 4 aromatic rings. The van der Waals surface area contributed by atoms with Gasteiger partial charge in [-0.25, -0.2) is 13.8 Å². The van der Waals surface area contributed by atoms with Crippen molar-refractivity contribution in [3.05, 3.63) is 78.8 Å². The highest BCUT2D eigenvalue weighted by Gasteiger charge is 2.23. The first-order valence-corrected chi connectivity index (χ1v) is 10.7. The second-order valence-electron chi connectivity index (χ2n) is 7.80. The van der Waals surface area contributed by atoms with Crippen LogP contribution in [0.15, 0.2) is 67.1 Å². The van der Waals surface area contributed by atoms with Crippen LogP contribution in [0.1, 0.15) is 0 Å². The summed E-state index contributed by atoms with van der Waals surface area (Å²) in [6, 6.07) is 13.3. The molecule has 0 unspecified atom stereocenters. The quantitative estimate of drug-likeness (QED) is 0.507. The molecule has 168 valence electrons. The van der Waals surface area contributed by atoms with Gasteiger partial charge >= 0.3 is 0 Å². The van der Waals surface area contributed by atoms with Crippen LogP contribution in [0.25, 0.3) is 16.9 Å². The number of hydrogen-bond acceptors (Lipinski definition) is 5. The molecule has 7 nitrogen and oxygen atoms in total. The zero-order valence-corrected chi connectivity index (χ0v) is 17.8. The number of anilines is 2. The number of carbonyl (C=O) groups is 1. The maximum atomic E-state index is 14.1. The molecule has 0 radical (unpaired) electrons. The highest BCUT2D eigenvalue weighted by atomic mass is 19.1. The molecule has 2 aromatic carbocycles. The van der Waals surface area contributed by atoms with Gasteiger partial charge in [0.1, 0.15) is 23.1 Å². The van der Waals surface area contributed by atoms with E-state index in [4.69, 9.17) is 0 Å². The van der Waals surface area contributed by atoms with E-state index in [1.54, 1.807) is 23.5 Å².